The number of ether oxygens (including phenoxy) is 1. The Morgan fingerprint density at radius 3 is 2.36 bits per heavy atom. The van der Waals surface area contributed by atoms with Gasteiger partial charge < -0.3 is 30.6 Å². The molecule has 0 saturated carbocycles. The Bertz CT molecular complexity index is 238. The molecule has 0 spiro atoms. The van der Waals surface area contributed by atoms with E-state index in [1.807, 2.05) is 0 Å². The second-order valence-electron chi connectivity index (χ2n) is 2.29. The number of hydrogen-bond acceptors (Lipinski definition) is 6. The number of hydrogen-bond donors (Lipinski definition) is 3. The average Bonchev–Trinajstić information content (AvgIpc) is 2.32. The van der Waals surface area contributed by atoms with Gasteiger partial charge in [-0.1, -0.05) is 0 Å². The maximum absolute atomic E-state index is 10.8. The van der Waals surface area contributed by atoms with Crippen LogP contribution in [0.15, 0.2) is 11.5 Å². The predicted molar refractivity (Wildman–Crippen MR) is 36.2 cm³/mol. The molecule has 14 heavy (non-hydrogen) atoms. The summed E-state index contributed by atoms with van der Waals surface area (Å²) in [5, 5.41) is 36.8. The second-order valence-corrected chi connectivity index (χ2v) is 2.29. The predicted octanol–water partition coefficient (Wildman–Crippen LogP) is -6.43. The Kier molecular flexibility index (Phi) is 7.17. The number of carbonyl (C=O) groups is 1. The van der Waals surface area contributed by atoms with Crippen LogP contribution in [0.2, 0.25) is 0 Å². The summed E-state index contributed by atoms with van der Waals surface area (Å²) in [5.41, 5.74) is 0. The summed E-state index contributed by atoms with van der Waals surface area (Å²) in [7, 11) is 0. The number of esters is 1. The molecule has 7 nitrogen and oxygen atoms in total. The van der Waals surface area contributed by atoms with Crippen molar-refractivity contribution in [1.29, 1.82) is 0 Å². The number of aliphatic hydroxyl groups excluding tert-OH is 3. The van der Waals surface area contributed by atoms with Gasteiger partial charge in [0.05, 0.1) is 6.61 Å². The Morgan fingerprint density at radius 1 is 1.57 bits per heavy atom. The summed E-state index contributed by atoms with van der Waals surface area (Å²) < 4.78 is 4.25. The summed E-state index contributed by atoms with van der Waals surface area (Å²) in [4.78, 5) is 10.5. The quantitative estimate of drug-likeness (QED) is 0.309. The van der Waals surface area contributed by atoms with Gasteiger partial charge in [-0.2, -0.15) is 0 Å². The fraction of sp³-hybridized carbons (Fsp3) is 0.500. The SMILES string of the molecule is O.O=C1O[C@H](C(O)CO)C([O-])=C1O.[Na+]. The van der Waals surface area contributed by atoms with Gasteiger partial charge in [0.15, 0.2) is 5.76 Å². The maximum atomic E-state index is 10.8. The van der Waals surface area contributed by atoms with Crippen LogP contribution in [0, 0.1) is 0 Å². The van der Waals surface area contributed by atoms with E-state index >= 15 is 0 Å². The van der Waals surface area contributed by atoms with E-state index in [9.17, 15) is 9.90 Å². The van der Waals surface area contributed by atoms with Crippen molar-refractivity contribution >= 4 is 5.97 Å². The zero-order valence-electron chi connectivity index (χ0n) is 7.43. The number of aliphatic hydroxyl groups is 3. The molecule has 1 aliphatic rings. The fourth-order valence-electron chi connectivity index (χ4n) is 0.809. The minimum Gasteiger partial charge on any atom is -0.870 e. The van der Waals surface area contributed by atoms with E-state index in [1.54, 1.807) is 0 Å². The van der Waals surface area contributed by atoms with Gasteiger partial charge in [-0.3, -0.25) is 0 Å². The summed E-state index contributed by atoms with van der Waals surface area (Å²) in [6.07, 6.45) is -2.95. The number of rotatable bonds is 2. The van der Waals surface area contributed by atoms with Crippen LogP contribution in [0.3, 0.4) is 0 Å². The third kappa shape index (κ3) is 2.84. The van der Waals surface area contributed by atoms with Crippen molar-refractivity contribution in [3.05, 3.63) is 11.5 Å². The molecule has 0 aromatic heterocycles. The molecule has 1 aliphatic heterocycles. The molecule has 2 atom stereocenters. The van der Waals surface area contributed by atoms with Crippen molar-refractivity contribution in [3.8, 4) is 0 Å². The standard InChI is InChI=1S/C6H8O6.Na.H2O/c7-1-2(8)5-3(9)4(10)6(11)12-5;;/h2,5,7-10H,1H2;;1H2/q;+1;/p-1/t2?,5-;;/m1../s1. The Hall–Kier alpha value is -0.310. The van der Waals surface area contributed by atoms with Crippen molar-refractivity contribution in [2.75, 3.05) is 6.61 Å². The van der Waals surface area contributed by atoms with E-state index in [4.69, 9.17) is 15.3 Å². The third-order valence-electron chi connectivity index (χ3n) is 1.46. The van der Waals surface area contributed by atoms with E-state index in [0.29, 0.717) is 0 Å². The zero-order valence-corrected chi connectivity index (χ0v) is 9.43. The Balaban J connectivity index is 0. The first kappa shape index (κ1) is 16.1. The monoisotopic (exact) mass is 216 g/mol. The average molecular weight is 216 g/mol. The molecule has 0 fully saturated rings. The van der Waals surface area contributed by atoms with E-state index < -0.39 is 36.3 Å². The van der Waals surface area contributed by atoms with Crippen LogP contribution in [0.1, 0.15) is 0 Å². The summed E-state index contributed by atoms with van der Waals surface area (Å²) in [6, 6.07) is 0. The first-order valence-electron chi connectivity index (χ1n) is 3.18. The van der Waals surface area contributed by atoms with Gasteiger partial charge in [-0.15, -0.1) is 0 Å². The van der Waals surface area contributed by atoms with Crippen molar-refractivity contribution in [1.82, 2.24) is 0 Å². The van der Waals surface area contributed by atoms with Gasteiger partial charge in [-0.05, 0) is 5.76 Å². The molecule has 0 bridgehead atoms. The van der Waals surface area contributed by atoms with Gasteiger partial charge >= 0.3 is 35.5 Å². The molecule has 0 aromatic carbocycles. The van der Waals surface area contributed by atoms with Crippen LogP contribution >= 0.6 is 0 Å². The van der Waals surface area contributed by atoms with Crippen LogP contribution in [0.25, 0.3) is 0 Å². The van der Waals surface area contributed by atoms with Gasteiger partial charge in [-0.25, -0.2) is 4.79 Å². The first-order chi connectivity index (χ1) is 5.57. The molecule has 1 rings (SSSR count). The number of carbonyl (C=O) groups excluding carboxylic acids is 1. The molecule has 0 aliphatic carbocycles. The van der Waals surface area contributed by atoms with Crippen molar-refractivity contribution < 1.29 is 65.0 Å². The van der Waals surface area contributed by atoms with Gasteiger partial charge in [0.25, 0.3) is 0 Å². The number of cyclic esters (lactones) is 1. The van der Waals surface area contributed by atoms with Crippen LogP contribution in [-0.2, 0) is 9.53 Å². The maximum Gasteiger partial charge on any atom is 1.00 e. The summed E-state index contributed by atoms with van der Waals surface area (Å²) in [5.74, 6) is -3.20. The summed E-state index contributed by atoms with van der Waals surface area (Å²) >= 11 is 0. The molecule has 5 N–H and O–H groups in total. The van der Waals surface area contributed by atoms with Gasteiger partial charge in [0, 0.05) is 0 Å². The first-order valence-corrected chi connectivity index (χ1v) is 3.18. The molecule has 1 heterocycles. The van der Waals surface area contributed by atoms with E-state index in [2.05, 4.69) is 4.74 Å². The molecule has 76 valence electrons. The Labute approximate surface area is 101 Å². The van der Waals surface area contributed by atoms with Crippen LogP contribution in [0.4, 0.5) is 0 Å². The van der Waals surface area contributed by atoms with Crippen LogP contribution in [-0.4, -0.2) is 45.6 Å². The van der Waals surface area contributed by atoms with Gasteiger partial charge in [0.1, 0.15) is 12.2 Å². The largest absolute Gasteiger partial charge is 1.00 e. The van der Waals surface area contributed by atoms with Crippen LogP contribution in [0.5, 0.6) is 0 Å². The van der Waals surface area contributed by atoms with Gasteiger partial charge in [0.2, 0.25) is 0 Å². The second kappa shape index (κ2) is 6.23. The normalized spacial score (nSPS) is 22.1. The van der Waals surface area contributed by atoms with E-state index in [0.717, 1.165) is 0 Å². The zero-order chi connectivity index (χ0) is 9.30. The Morgan fingerprint density at radius 2 is 2.07 bits per heavy atom. The molecular formula is C6H9NaO7. The van der Waals surface area contributed by atoms with Crippen LogP contribution < -0.4 is 34.7 Å². The molecule has 0 amide bonds. The molecule has 8 heteroatoms. The van der Waals surface area contributed by atoms with Crippen molar-refractivity contribution in [2.45, 2.75) is 12.2 Å². The molecule has 0 aromatic rings. The molecule has 0 radical (unpaired) electrons. The summed E-state index contributed by atoms with van der Waals surface area (Å²) in [6.45, 7) is -0.711. The minimum absolute atomic E-state index is 0. The van der Waals surface area contributed by atoms with Crippen molar-refractivity contribution in [3.63, 3.8) is 0 Å². The molecule has 0 saturated heterocycles. The van der Waals surface area contributed by atoms with Crippen molar-refractivity contribution in [2.24, 2.45) is 0 Å². The van der Waals surface area contributed by atoms with E-state index in [-0.39, 0.29) is 35.0 Å². The third-order valence-corrected chi connectivity index (χ3v) is 1.46. The smallest absolute Gasteiger partial charge is 0.870 e. The molecule has 1 unspecified atom stereocenters. The van der Waals surface area contributed by atoms with E-state index in [1.165, 1.54) is 0 Å². The topological polar surface area (TPSA) is 142 Å². The fourth-order valence-corrected chi connectivity index (χ4v) is 0.809. The minimum atomic E-state index is -1.48. The molecular weight excluding hydrogens is 207 g/mol.